The van der Waals surface area contributed by atoms with Crippen molar-refractivity contribution in [1.82, 2.24) is 20.0 Å². The molecule has 2 aromatic heterocycles. The van der Waals surface area contributed by atoms with Crippen molar-refractivity contribution in [3.63, 3.8) is 0 Å². The fourth-order valence-electron chi connectivity index (χ4n) is 3.07. The molecular weight excluding hydrogens is 384 g/mol. The first kappa shape index (κ1) is 19.3. The number of hydrogen-bond donors (Lipinski definition) is 3. The van der Waals surface area contributed by atoms with E-state index in [1.807, 2.05) is 24.3 Å². The van der Waals surface area contributed by atoms with E-state index in [1.165, 1.54) is 10.9 Å². The highest BCUT2D eigenvalue weighted by molar-refractivity contribution is 6.10. The second-order valence-corrected chi connectivity index (χ2v) is 6.54. The van der Waals surface area contributed by atoms with Gasteiger partial charge in [0.05, 0.1) is 23.9 Å². The largest absolute Gasteiger partial charge is 0.508 e. The lowest BCUT2D eigenvalue weighted by Gasteiger charge is -2.04. The van der Waals surface area contributed by atoms with Crippen molar-refractivity contribution in [3.05, 3.63) is 59.7 Å². The molecule has 0 atom stereocenters. The summed E-state index contributed by atoms with van der Waals surface area (Å²) in [6.45, 7) is 0.698. The van der Waals surface area contributed by atoms with Crippen LogP contribution in [0.5, 0.6) is 5.75 Å². The average molecular weight is 404 g/mol. The molecular formula is C21H20N6O3. The molecule has 0 fully saturated rings. The maximum atomic E-state index is 12.8. The molecule has 0 bridgehead atoms. The Morgan fingerprint density at radius 3 is 2.73 bits per heavy atom. The van der Waals surface area contributed by atoms with Gasteiger partial charge in [-0.05, 0) is 29.8 Å². The first-order chi connectivity index (χ1) is 14.6. The first-order valence-corrected chi connectivity index (χ1v) is 9.25. The van der Waals surface area contributed by atoms with E-state index in [1.54, 1.807) is 31.4 Å². The maximum absolute atomic E-state index is 12.8. The van der Waals surface area contributed by atoms with Crippen molar-refractivity contribution < 1.29 is 14.6 Å². The summed E-state index contributed by atoms with van der Waals surface area (Å²) in [5, 5.41) is 16.8. The van der Waals surface area contributed by atoms with Crippen molar-refractivity contribution in [3.8, 4) is 5.75 Å². The number of phenolic OH excluding ortho intramolecular Hbond substituents is 1. The van der Waals surface area contributed by atoms with Crippen molar-refractivity contribution in [2.45, 2.75) is 0 Å². The zero-order chi connectivity index (χ0) is 21.1. The van der Waals surface area contributed by atoms with Gasteiger partial charge < -0.3 is 20.9 Å². The number of carbonyl (C=O) groups is 1. The molecule has 4 rings (SSSR count). The number of carbonyl (C=O) groups excluding carboxylic acids is 1. The summed E-state index contributed by atoms with van der Waals surface area (Å²) in [7, 11) is 1.56. The summed E-state index contributed by atoms with van der Waals surface area (Å²) in [4.78, 5) is 22.0. The second kappa shape index (κ2) is 8.18. The molecule has 152 valence electrons. The van der Waals surface area contributed by atoms with Gasteiger partial charge in [0.15, 0.2) is 5.65 Å². The molecule has 0 aliphatic carbocycles. The van der Waals surface area contributed by atoms with Crippen LogP contribution < -0.4 is 11.1 Å². The van der Waals surface area contributed by atoms with Crippen molar-refractivity contribution >= 4 is 40.1 Å². The number of nitrogens with zero attached hydrogens (tertiary/aromatic N) is 4. The number of nitrogens with one attached hydrogen (secondary N) is 1. The Balaban J connectivity index is 1.86. The number of aromatic nitrogens is 3. The molecule has 9 heteroatoms. The van der Waals surface area contributed by atoms with Gasteiger partial charge in [0.2, 0.25) is 0 Å². The van der Waals surface area contributed by atoms with Gasteiger partial charge in [0.25, 0.3) is 5.91 Å². The van der Waals surface area contributed by atoms with Crippen molar-refractivity contribution in [2.24, 2.45) is 5.10 Å². The Morgan fingerprint density at radius 1 is 1.23 bits per heavy atom. The summed E-state index contributed by atoms with van der Waals surface area (Å²) in [6.07, 6.45) is 1.53. The van der Waals surface area contributed by atoms with E-state index in [-0.39, 0.29) is 23.0 Å². The zero-order valence-electron chi connectivity index (χ0n) is 16.2. The molecule has 0 aliphatic rings. The summed E-state index contributed by atoms with van der Waals surface area (Å²) >= 11 is 0. The van der Waals surface area contributed by atoms with Gasteiger partial charge in [-0.1, -0.05) is 24.3 Å². The Morgan fingerprint density at radius 2 is 2.00 bits per heavy atom. The van der Waals surface area contributed by atoms with Crippen LogP contribution in [0.1, 0.15) is 15.9 Å². The highest BCUT2D eigenvalue weighted by atomic mass is 16.5. The minimum atomic E-state index is -0.384. The summed E-state index contributed by atoms with van der Waals surface area (Å²) in [5.74, 6) is -0.148. The molecule has 2 aromatic carbocycles. The van der Waals surface area contributed by atoms with Crippen LogP contribution in [0.25, 0.3) is 22.2 Å². The summed E-state index contributed by atoms with van der Waals surface area (Å²) in [6, 6.07) is 14.0. The number of anilines is 1. The molecule has 30 heavy (non-hydrogen) atoms. The molecule has 2 heterocycles. The third kappa shape index (κ3) is 3.65. The Hall–Kier alpha value is -3.98. The summed E-state index contributed by atoms with van der Waals surface area (Å²) < 4.78 is 6.36. The van der Waals surface area contributed by atoms with E-state index in [2.05, 4.69) is 20.4 Å². The number of rotatable bonds is 6. The SMILES string of the molecule is COCCNC(=O)c1c(N)n(/N=C\c2cccc(O)c2)c2nc3ccccc3nc12. The van der Waals surface area contributed by atoms with Crippen LogP contribution in [0.3, 0.4) is 0 Å². The predicted octanol–water partition coefficient (Wildman–Crippen LogP) is 2.13. The number of phenols is 1. The lowest BCUT2D eigenvalue weighted by Crippen LogP contribution is -2.27. The van der Waals surface area contributed by atoms with E-state index in [0.29, 0.717) is 40.9 Å². The number of fused-ring (bicyclic) bond motifs is 2. The van der Waals surface area contributed by atoms with Gasteiger partial charge in [-0.3, -0.25) is 4.79 Å². The quantitative estimate of drug-likeness (QED) is 0.334. The number of hydrogen-bond acceptors (Lipinski definition) is 7. The fourth-order valence-corrected chi connectivity index (χ4v) is 3.07. The van der Waals surface area contributed by atoms with Crippen molar-refractivity contribution in [1.29, 1.82) is 0 Å². The van der Waals surface area contributed by atoms with E-state index < -0.39 is 0 Å². The fraction of sp³-hybridized carbons (Fsp3) is 0.143. The number of para-hydroxylation sites is 2. The Labute approximate surface area is 171 Å². The topological polar surface area (TPSA) is 128 Å². The third-order valence-corrected chi connectivity index (χ3v) is 4.49. The number of nitrogens with two attached hydrogens (primary N) is 1. The minimum absolute atomic E-state index is 0.117. The van der Waals surface area contributed by atoms with Crippen LogP contribution >= 0.6 is 0 Å². The van der Waals surface area contributed by atoms with Gasteiger partial charge in [-0.25, -0.2) is 9.97 Å². The number of methoxy groups -OCH3 is 1. The van der Waals surface area contributed by atoms with E-state index in [0.717, 1.165) is 0 Å². The number of amides is 1. The van der Waals surface area contributed by atoms with Gasteiger partial charge in [-0.2, -0.15) is 9.78 Å². The van der Waals surface area contributed by atoms with Crippen LogP contribution in [0.4, 0.5) is 5.82 Å². The van der Waals surface area contributed by atoms with Crippen LogP contribution in [0.2, 0.25) is 0 Å². The third-order valence-electron chi connectivity index (χ3n) is 4.49. The smallest absolute Gasteiger partial charge is 0.257 e. The number of aromatic hydroxyl groups is 1. The highest BCUT2D eigenvalue weighted by Gasteiger charge is 2.23. The van der Waals surface area contributed by atoms with E-state index >= 15 is 0 Å². The van der Waals surface area contributed by atoms with Crippen LogP contribution in [0.15, 0.2) is 53.6 Å². The second-order valence-electron chi connectivity index (χ2n) is 6.54. The molecule has 0 radical (unpaired) electrons. The number of nitrogen functional groups attached to an aromatic ring is 1. The molecule has 0 saturated heterocycles. The normalized spacial score (nSPS) is 11.5. The average Bonchev–Trinajstić information content (AvgIpc) is 3.01. The summed E-state index contributed by atoms with van der Waals surface area (Å²) in [5.41, 5.74) is 9.19. The molecule has 1 amide bonds. The molecule has 0 aliphatic heterocycles. The number of ether oxygens (including phenoxy) is 1. The van der Waals surface area contributed by atoms with E-state index in [9.17, 15) is 9.90 Å². The van der Waals surface area contributed by atoms with Crippen LogP contribution in [0, 0.1) is 0 Å². The van der Waals surface area contributed by atoms with Crippen LogP contribution in [-0.2, 0) is 4.74 Å². The maximum Gasteiger partial charge on any atom is 0.257 e. The first-order valence-electron chi connectivity index (χ1n) is 9.25. The molecule has 0 spiro atoms. The minimum Gasteiger partial charge on any atom is -0.508 e. The molecule has 4 N–H and O–H groups in total. The monoisotopic (exact) mass is 404 g/mol. The van der Waals surface area contributed by atoms with Gasteiger partial charge in [0.1, 0.15) is 22.6 Å². The highest BCUT2D eigenvalue weighted by Crippen LogP contribution is 2.27. The Bertz CT molecular complexity index is 1260. The lowest BCUT2D eigenvalue weighted by molar-refractivity contribution is 0.0939. The zero-order valence-corrected chi connectivity index (χ0v) is 16.2. The van der Waals surface area contributed by atoms with Crippen LogP contribution in [-0.4, -0.2) is 52.1 Å². The standard InChI is InChI=1S/C21H20N6O3/c1-30-10-9-23-21(29)17-18-20(26-16-8-3-2-7-15(16)25-18)27(19(17)22)24-12-13-5-4-6-14(28)11-13/h2-8,11-12,28H,9-10,22H2,1H3,(H,23,29)/b24-12-. The number of benzene rings is 2. The Kier molecular flexibility index (Phi) is 5.27. The van der Waals surface area contributed by atoms with Crippen molar-refractivity contribution in [2.75, 3.05) is 26.0 Å². The van der Waals surface area contributed by atoms with Gasteiger partial charge in [0, 0.05) is 13.7 Å². The predicted molar refractivity (Wildman–Crippen MR) is 115 cm³/mol. The van der Waals surface area contributed by atoms with Gasteiger partial charge >= 0.3 is 0 Å². The molecule has 4 aromatic rings. The molecule has 9 nitrogen and oxygen atoms in total. The lowest BCUT2D eigenvalue weighted by atomic mass is 10.2. The molecule has 0 saturated carbocycles. The van der Waals surface area contributed by atoms with Gasteiger partial charge in [-0.15, -0.1) is 0 Å². The van der Waals surface area contributed by atoms with E-state index in [4.69, 9.17) is 10.5 Å². The molecule has 0 unspecified atom stereocenters.